The lowest BCUT2D eigenvalue weighted by Crippen LogP contribution is -2.37. The molecule has 5 rings (SSSR count). The van der Waals surface area contributed by atoms with Crippen LogP contribution in [-0.2, 0) is 22.6 Å². The SMILES string of the molecule is Cc1cccc(N2C(=O)C(c3cccs3)=C(N3CCc4ccccc4C3)C2=O)c1C. The molecule has 3 aromatic rings. The van der Waals surface area contributed by atoms with E-state index in [4.69, 9.17) is 0 Å². The van der Waals surface area contributed by atoms with Crippen molar-refractivity contribution in [2.45, 2.75) is 26.8 Å². The number of anilines is 1. The standard InChI is InChI=1S/C25H22N2O2S/c1-16-7-5-10-20(17(16)2)27-24(28)22(21-11-6-14-30-21)23(25(27)29)26-13-12-18-8-3-4-9-19(18)15-26/h3-11,14H,12-13,15H2,1-2H3. The van der Waals surface area contributed by atoms with Gasteiger partial charge in [0, 0.05) is 18.0 Å². The van der Waals surface area contributed by atoms with Gasteiger partial charge in [-0.25, -0.2) is 4.90 Å². The number of hydrogen-bond acceptors (Lipinski definition) is 4. The van der Waals surface area contributed by atoms with Crippen molar-refractivity contribution in [1.82, 2.24) is 4.90 Å². The van der Waals surface area contributed by atoms with E-state index in [1.165, 1.54) is 27.4 Å². The van der Waals surface area contributed by atoms with E-state index in [1.54, 1.807) is 0 Å². The molecule has 0 spiro atoms. The van der Waals surface area contributed by atoms with Gasteiger partial charge in [-0.3, -0.25) is 9.59 Å². The maximum atomic E-state index is 13.7. The van der Waals surface area contributed by atoms with Gasteiger partial charge in [0.25, 0.3) is 11.8 Å². The van der Waals surface area contributed by atoms with Gasteiger partial charge in [-0.05, 0) is 60.0 Å². The van der Waals surface area contributed by atoms with Gasteiger partial charge in [-0.2, -0.15) is 0 Å². The molecular weight excluding hydrogens is 392 g/mol. The summed E-state index contributed by atoms with van der Waals surface area (Å²) in [5.74, 6) is -0.457. The molecule has 0 saturated carbocycles. The number of rotatable bonds is 3. The molecular formula is C25H22N2O2S. The van der Waals surface area contributed by atoms with E-state index in [-0.39, 0.29) is 11.8 Å². The number of thiophene rings is 1. The zero-order valence-electron chi connectivity index (χ0n) is 17.0. The lowest BCUT2D eigenvalue weighted by atomic mass is 9.99. The van der Waals surface area contributed by atoms with E-state index in [2.05, 4.69) is 23.1 Å². The second kappa shape index (κ2) is 7.26. The Bertz CT molecular complexity index is 1190. The molecule has 0 saturated heterocycles. The zero-order chi connectivity index (χ0) is 20.8. The van der Waals surface area contributed by atoms with Gasteiger partial charge in [0.15, 0.2) is 0 Å². The molecule has 0 radical (unpaired) electrons. The summed E-state index contributed by atoms with van der Waals surface area (Å²) in [5, 5.41) is 1.95. The normalized spacial score (nSPS) is 16.5. The van der Waals surface area contributed by atoms with Gasteiger partial charge in [0.1, 0.15) is 5.70 Å². The lowest BCUT2D eigenvalue weighted by Gasteiger charge is -2.31. The quantitative estimate of drug-likeness (QED) is 0.583. The van der Waals surface area contributed by atoms with Crippen LogP contribution in [0.15, 0.2) is 65.7 Å². The lowest BCUT2D eigenvalue weighted by molar-refractivity contribution is -0.120. The Balaban J connectivity index is 1.62. The number of carbonyl (C=O) groups is 2. The van der Waals surface area contributed by atoms with Crippen molar-refractivity contribution >= 4 is 34.4 Å². The largest absolute Gasteiger partial charge is 0.362 e. The number of nitrogens with zero attached hydrogens (tertiary/aromatic N) is 2. The molecule has 3 heterocycles. The summed E-state index contributed by atoms with van der Waals surface area (Å²) in [4.78, 5) is 31.6. The van der Waals surface area contributed by atoms with Crippen molar-refractivity contribution in [2.24, 2.45) is 0 Å². The van der Waals surface area contributed by atoms with Crippen LogP contribution in [0.1, 0.15) is 27.1 Å². The maximum Gasteiger partial charge on any atom is 0.282 e. The minimum absolute atomic E-state index is 0.225. The van der Waals surface area contributed by atoms with Crippen LogP contribution in [-0.4, -0.2) is 23.3 Å². The van der Waals surface area contributed by atoms with Crippen LogP contribution < -0.4 is 4.90 Å². The monoisotopic (exact) mass is 414 g/mol. The highest BCUT2D eigenvalue weighted by Crippen LogP contribution is 2.39. The van der Waals surface area contributed by atoms with E-state index in [9.17, 15) is 9.59 Å². The fourth-order valence-corrected chi connectivity index (χ4v) is 5.10. The first-order valence-electron chi connectivity index (χ1n) is 10.1. The molecule has 0 atom stereocenters. The third-order valence-corrected chi connectivity index (χ3v) is 6.98. The first-order valence-corrected chi connectivity index (χ1v) is 11.0. The number of carbonyl (C=O) groups excluding carboxylic acids is 2. The summed E-state index contributed by atoms with van der Waals surface area (Å²) in [7, 11) is 0. The number of aryl methyl sites for hydroxylation is 1. The number of imide groups is 1. The van der Waals surface area contributed by atoms with Crippen LogP contribution in [0.3, 0.4) is 0 Å². The topological polar surface area (TPSA) is 40.6 Å². The number of hydrogen-bond donors (Lipinski definition) is 0. The molecule has 2 aliphatic rings. The summed E-state index contributed by atoms with van der Waals surface area (Å²) in [5.41, 5.74) is 6.27. The molecule has 2 aromatic carbocycles. The van der Waals surface area contributed by atoms with Crippen LogP contribution in [0.4, 0.5) is 5.69 Å². The van der Waals surface area contributed by atoms with Crippen molar-refractivity contribution in [3.05, 3.63) is 92.8 Å². The van der Waals surface area contributed by atoms with Crippen molar-refractivity contribution in [2.75, 3.05) is 11.4 Å². The first kappa shape index (κ1) is 18.8. The predicted molar refractivity (Wildman–Crippen MR) is 120 cm³/mol. The Kier molecular flexibility index (Phi) is 4.55. The molecule has 0 unspecified atom stereocenters. The van der Waals surface area contributed by atoms with E-state index >= 15 is 0 Å². The molecule has 5 heteroatoms. The van der Waals surface area contributed by atoms with Crippen LogP contribution in [0.25, 0.3) is 5.57 Å². The van der Waals surface area contributed by atoms with Gasteiger partial charge >= 0.3 is 0 Å². The summed E-state index contributed by atoms with van der Waals surface area (Å²) < 4.78 is 0. The van der Waals surface area contributed by atoms with Crippen molar-refractivity contribution in [3.63, 3.8) is 0 Å². The van der Waals surface area contributed by atoms with Crippen LogP contribution in [0, 0.1) is 13.8 Å². The Morgan fingerprint density at radius 2 is 1.67 bits per heavy atom. The number of amides is 2. The van der Waals surface area contributed by atoms with Gasteiger partial charge in [-0.1, -0.05) is 42.5 Å². The molecule has 0 fully saturated rings. The van der Waals surface area contributed by atoms with Gasteiger partial charge < -0.3 is 4.90 Å². The summed E-state index contributed by atoms with van der Waals surface area (Å²) in [6.07, 6.45) is 0.863. The van der Waals surface area contributed by atoms with Gasteiger partial charge in [-0.15, -0.1) is 11.3 Å². The maximum absolute atomic E-state index is 13.7. The van der Waals surface area contributed by atoms with Crippen LogP contribution in [0.5, 0.6) is 0 Å². The molecule has 0 bridgehead atoms. The Labute approximate surface area is 180 Å². The molecule has 30 heavy (non-hydrogen) atoms. The Morgan fingerprint density at radius 3 is 2.43 bits per heavy atom. The van der Waals surface area contributed by atoms with E-state index in [1.807, 2.05) is 55.6 Å². The summed E-state index contributed by atoms with van der Waals surface area (Å²) in [6.45, 7) is 5.33. The minimum atomic E-state index is -0.231. The predicted octanol–water partition coefficient (Wildman–Crippen LogP) is 4.71. The molecule has 2 aliphatic heterocycles. The molecule has 4 nitrogen and oxygen atoms in total. The Morgan fingerprint density at radius 1 is 0.867 bits per heavy atom. The second-order valence-electron chi connectivity index (χ2n) is 7.81. The molecule has 1 aromatic heterocycles. The van der Waals surface area contributed by atoms with E-state index in [0.29, 0.717) is 23.5 Å². The van der Waals surface area contributed by atoms with Gasteiger partial charge in [0.05, 0.1) is 11.3 Å². The number of fused-ring (bicyclic) bond motifs is 1. The smallest absolute Gasteiger partial charge is 0.282 e. The van der Waals surface area contributed by atoms with E-state index in [0.717, 1.165) is 29.0 Å². The fourth-order valence-electron chi connectivity index (χ4n) is 4.34. The second-order valence-corrected chi connectivity index (χ2v) is 8.75. The average Bonchev–Trinajstić information content (AvgIpc) is 3.36. The summed E-state index contributed by atoms with van der Waals surface area (Å²) >= 11 is 1.50. The molecule has 2 amide bonds. The van der Waals surface area contributed by atoms with Crippen LogP contribution in [0.2, 0.25) is 0 Å². The molecule has 150 valence electrons. The first-order chi connectivity index (χ1) is 14.6. The zero-order valence-corrected chi connectivity index (χ0v) is 17.8. The van der Waals surface area contributed by atoms with Gasteiger partial charge in [0.2, 0.25) is 0 Å². The fraction of sp³-hybridized carbons (Fsp3) is 0.200. The third kappa shape index (κ3) is 2.89. The van der Waals surface area contributed by atoms with Crippen molar-refractivity contribution in [3.8, 4) is 0 Å². The highest BCUT2D eigenvalue weighted by Gasteiger charge is 2.43. The van der Waals surface area contributed by atoms with Crippen molar-refractivity contribution < 1.29 is 9.59 Å². The highest BCUT2D eigenvalue weighted by atomic mass is 32.1. The molecule has 0 N–H and O–H groups in total. The third-order valence-electron chi connectivity index (χ3n) is 6.09. The molecule has 0 aliphatic carbocycles. The van der Waals surface area contributed by atoms with E-state index < -0.39 is 0 Å². The average molecular weight is 415 g/mol. The highest BCUT2D eigenvalue weighted by molar-refractivity contribution is 7.11. The Hall–Kier alpha value is -3.18. The van der Waals surface area contributed by atoms with Crippen LogP contribution >= 0.6 is 11.3 Å². The number of benzene rings is 2. The summed E-state index contributed by atoms with van der Waals surface area (Å²) in [6, 6.07) is 17.9. The van der Waals surface area contributed by atoms with Crippen molar-refractivity contribution in [1.29, 1.82) is 0 Å². The minimum Gasteiger partial charge on any atom is -0.362 e.